The molecule has 0 aromatic heterocycles. The summed E-state index contributed by atoms with van der Waals surface area (Å²) in [7, 11) is 3.49. The Morgan fingerprint density at radius 3 is 2.06 bits per heavy atom. The molecule has 0 spiro atoms. The second-order valence-corrected chi connectivity index (χ2v) is 8.17. The predicted molar refractivity (Wildman–Crippen MR) is 135 cm³/mol. The van der Waals surface area contributed by atoms with Gasteiger partial charge in [-0.25, -0.2) is 0 Å². The molecule has 6 unspecified atom stereocenters. The van der Waals surface area contributed by atoms with Crippen molar-refractivity contribution in [2.24, 2.45) is 17.6 Å². The van der Waals surface area contributed by atoms with E-state index >= 15 is 0 Å². The predicted octanol–water partition coefficient (Wildman–Crippen LogP) is 4.32. The lowest BCUT2D eigenvalue weighted by Crippen LogP contribution is -2.44. The average Bonchev–Trinajstić information content (AvgIpc) is 3.13. The van der Waals surface area contributed by atoms with E-state index in [1.807, 2.05) is 33.9 Å². The van der Waals surface area contributed by atoms with Gasteiger partial charge in [-0.1, -0.05) is 61.3 Å². The van der Waals surface area contributed by atoms with Crippen molar-refractivity contribution in [1.82, 2.24) is 10.6 Å². The Balaban J connectivity index is -0.000000400. The van der Waals surface area contributed by atoms with Crippen molar-refractivity contribution in [2.75, 3.05) is 20.7 Å². The van der Waals surface area contributed by atoms with E-state index in [1.165, 1.54) is 6.42 Å². The van der Waals surface area contributed by atoms with E-state index in [2.05, 4.69) is 44.4 Å². The van der Waals surface area contributed by atoms with Crippen molar-refractivity contribution in [3.05, 3.63) is 0 Å². The van der Waals surface area contributed by atoms with Crippen molar-refractivity contribution in [2.45, 2.75) is 117 Å². The Labute approximate surface area is 199 Å². The number of hydrogen-bond donors (Lipinski definition) is 4. The minimum atomic E-state index is -0.325. The quantitative estimate of drug-likeness (QED) is 0.361. The summed E-state index contributed by atoms with van der Waals surface area (Å²) in [5.74, 6) is 1.28. The van der Waals surface area contributed by atoms with E-state index in [-0.39, 0.29) is 23.9 Å². The van der Waals surface area contributed by atoms with Crippen LogP contribution >= 0.6 is 0 Å². The summed E-state index contributed by atoms with van der Waals surface area (Å²) in [6, 6.07) is 3.73. The van der Waals surface area contributed by atoms with Crippen LogP contribution in [0.1, 0.15) is 93.4 Å². The summed E-state index contributed by atoms with van der Waals surface area (Å²) >= 11 is 0. The molecule has 1 fully saturated rings. The molecule has 0 bridgehead atoms. The molecule has 5 N–H and O–H groups in total. The van der Waals surface area contributed by atoms with Gasteiger partial charge in [0.1, 0.15) is 6.23 Å². The largest absolute Gasteiger partial charge is 0.390 e. The summed E-state index contributed by atoms with van der Waals surface area (Å²) in [5, 5.41) is 33.0. The van der Waals surface area contributed by atoms with Gasteiger partial charge in [0.2, 0.25) is 0 Å². The zero-order chi connectivity index (χ0) is 25.6. The lowest BCUT2D eigenvalue weighted by Gasteiger charge is -2.27. The van der Waals surface area contributed by atoms with E-state index in [0.29, 0.717) is 12.5 Å². The summed E-state index contributed by atoms with van der Waals surface area (Å²) < 4.78 is 5.14. The summed E-state index contributed by atoms with van der Waals surface area (Å²) in [4.78, 5) is 0. The highest BCUT2D eigenvalue weighted by Gasteiger charge is 2.41. The van der Waals surface area contributed by atoms with Crippen LogP contribution in [0.5, 0.6) is 0 Å². The molecule has 7 heteroatoms. The first-order valence-corrected chi connectivity index (χ1v) is 12.4. The molecule has 1 saturated carbocycles. The highest BCUT2D eigenvalue weighted by Crippen LogP contribution is 2.43. The maximum Gasteiger partial charge on any atom is 0.121 e. The molecular formula is C25H53N5O2. The van der Waals surface area contributed by atoms with Crippen LogP contribution in [0.25, 0.3) is 0 Å². The average molecular weight is 456 g/mol. The first-order valence-electron chi connectivity index (χ1n) is 12.4. The fourth-order valence-corrected chi connectivity index (χ4v) is 3.72. The van der Waals surface area contributed by atoms with Crippen LogP contribution in [-0.2, 0) is 4.74 Å². The summed E-state index contributed by atoms with van der Waals surface area (Å²) in [6.07, 6.45) is 6.83. The number of nitrogens with zero attached hydrogens (tertiary/aromatic N) is 2. The maximum atomic E-state index is 10.1. The first kappa shape index (κ1) is 35.4. The van der Waals surface area contributed by atoms with Crippen molar-refractivity contribution < 1.29 is 9.84 Å². The van der Waals surface area contributed by atoms with Crippen LogP contribution in [0.3, 0.4) is 0 Å². The number of nitrogens with two attached hydrogens (primary N) is 1. The van der Waals surface area contributed by atoms with Crippen LogP contribution in [0, 0.1) is 34.5 Å². The third-order valence-corrected chi connectivity index (χ3v) is 5.65. The first-order chi connectivity index (χ1) is 15.2. The molecule has 0 amide bonds. The molecular weight excluding hydrogens is 402 g/mol. The monoisotopic (exact) mass is 455 g/mol. The Hall–Kier alpha value is -1.22. The number of nitrogens with one attached hydrogen (secondary N) is 2. The van der Waals surface area contributed by atoms with E-state index in [0.717, 1.165) is 44.4 Å². The number of hydrogen-bond acceptors (Lipinski definition) is 7. The number of rotatable bonds is 10. The minimum absolute atomic E-state index is 0.0822. The summed E-state index contributed by atoms with van der Waals surface area (Å²) in [6.45, 7) is 15.2. The number of likely N-dealkylation sites (N-methyl/N-ethyl adjacent to an activating group) is 1. The molecule has 0 aromatic rings. The van der Waals surface area contributed by atoms with Gasteiger partial charge in [0.25, 0.3) is 0 Å². The zero-order valence-corrected chi connectivity index (χ0v) is 22.4. The van der Waals surface area contributed by atoms with Crippen molar-refractivity contribution in [1.29, 1.82) is 10.5 Å². The highest BCUT2D eigenvalue weighted by molar-refractivity contribution is 4.93. The second-order valence-electron chi connectivity index (χ2n) is 8.17. The Morgan fingerprint density at radius 2 is 1.78 bits per heavy atom. The van der Waals surface area contributed by atoms with Crippen molar-refractivity contribution in [3.8, 4) is 12.1 Å². The topological polar surface area (TPSA) is 127 Å². The van der Waals surface area contributed by atoms with Gasteiger partial charge in [-0.05, 0) is 51.0 Å². The van der Waals surface area contributed by atoms with Crippen LogP contribution < -0.4 is 16.4 Å². The van der Waals surface area contributed by atoms with Crippen LogP contribution in [0.4, 0.5) is 0 Å². The Bertz CT molecular complexity index is 492. The lowest BCUT2D eigenvalue weighted by atomic mass is 9.87. The molecule has 7 nitrogen and oxygen atoms in total. The van der Waals surface area contributed by atoms with Gasteiger partial charge in [0.15, 0.2) is 0 Å². The third kappa shape index (κ3) is 16.4. The lowest BCUT2D eigenvalue weighted by molar-refractivity contribution is -0.00393. The second kappa shape index (κ2) is 23.0. The Kier molecular flexibility index (Phi) is 25.4. The van der Waals surface area contributed by atoms with E-state index < -0.39 is 0 Å². The van der Waals surface area contributed by atoms with E-state index in [1.54, 1.807) is 7.11 Å². The molecule has 0 radical (unpaired) electrons. The number of nitriles is 2. The van der Waals surface area contributed by atoms with Crippen molar-refractivity contribution >= 4 is 0 Å². The van der Waals surface area contributed by atoms with Gasteiger partial charge < -0.3 is 20.9 Å². The van der Waals surface area contributed by atoms with Crippen molar-refractivity contribution in [3.63, 3.8) is 0 Å². The van der Waals surface area contributed by atoms with Gasteiger partial charge >= 0.3 is 0 Å². The number of aliphatic hydroxyl groups is 1. The standard InChI is InChI=1S/C10H20O.C9H19N3O.C4H8N2.C2H6/c1-4-9-6-8(3)7-10(9,11)5-2;1-4-5-8(6-10)12-9(13-3)7-11-2;1-2-4(6)3-5;1-2/h8-9,11H,4-7H2,1-3H3;8-9,11-12H,4-5,7H2,1-3H3;4H,2,6H2,1H3;1-2H3. The number of methoxy groups -OCH3 is 1. The van der Waals surface area contributed by atoms with E-state index in [4.69, 9.17) is 21.0 Å². The summed E-state index contributed by atoms with van der Waals surface area (Å²) in [5.41, 5.74) is 4.79. The van der Waals surface area contributed by atoms with Crippen LogP contribution in [0.2, 0.25) is 0 Å². The van der Waals surface area contributed by atoms with E-state index in [9.17, 15) is 5.11 Å². The SMILES string of the molecule is CC.CCC(N)C#N.CCC1CC(C)CC1(O)CC.CCCC(C#N)NC(CNC)OC. The third-order valence-electron chi connectivity index (χ3n) is 5.65. The maximum absolute atomic E-state index is 10.1. The molecule has 190 valence electrons. The van der Waals surface area contributed by atoms with Gasteiger partial charge in [-0.15, -0.1) is 0 Å². The van der Waals surface area contributed by atoms with Gasteiger partial charge in [0.05, 0.1) is 29.8 Å². The Morgan fingerprint density at radius 1 is 1.19 bits per heavy atom. The zero-order valence-electron chi connectivity index (χ0n) is 22.4. The van der Waals surface area contributed by atoms with Crippen LogP contribution in [0.15, 0.2) is 0 Å². The molecule has 0 aromatic carbocycles. The van der Waals surface area contributed by atoms with Gasteiger partial charge in [-0.3, -0.25) is 5.32 Å². The molecule has 1 aliphatic rings. The highest BCUT2D eigenvalue weighted by atomic mass is 16.5. The smallest absolute Gasteiger partial charge is 0.121 e. The molecule has 0 saturated heterocycles. The normalized spacial score (nSPS) is 24.0. The van der Waals surface area contributed by atoms with Crippen LogP contribution in [-0.4, -0.2) is 49.7 Å². The van der Waals surface area contributed by atoms with Gasteiger partial charge in [0, 0.05) is 13.7 Å². The molecule has 0 aliphatic heterocycles. The minimum Gasteiger partial charge on any atom is -0.390 e. The molecule has 1 aliphatic carbocycles. The fraction of sp³-hybridized carbons (Fsp3) is 0.920. The fourth-order valence-electron chi connectivity index (χ4n) is 3.72. The number of ether oxygens (including phenoxy) is 1. The molecule has 6 atom stereocenters. The molecule has 1 rings (SSSR count). The van der Waals surface area contributed by atoms with Gasteiger partial charge in [-0.2, -0.15) is 10.5 Å². The molecule has 0 heterocycles. The molecule has 32 heavy (non-hydrogen) atoms.